The van der Waals surface area contributed by atoms with E-state index in [9.17, 15) is 0 Å². The molecule has 0 fully saturated rings. The summed E-state index contributed by atoms with van der Waals surface area (Å²) in [6.45, 7) is 6.35. The molecule has 0 rings (SSSR count). The molecule has 0 bridgehead atoms. The van der Waals surface area contributed by atoms with E-state index in [1.54, 1.807) is 0 Å². The highest BCUT2D eigenvalue weighted by Crippen LogP contribution is 1.70. The molecule has 1 N–H and O–H groups in total. The molecule has 0 spiro atoms. The van der Waals surface area contributed by atoms with E-state index in [1.165, 1.54) is 6.42 Å². The summed E-state index contributed by atoms with van der Waals surface area (Å²) in [5, 5.41) is 3.25. The summed E-state index contributed by atoms with van der Waals surface area (Å²) < 4.78 is 0. The molecule has 0 aromatic carbocycles. The summed E-state index contributed by atoms with van der Waals surface area (Å²) in [6.07, 6.45) is 5.40. The van der Waals surface area contributed by atoms with Gasteiger partial charge in [0.1, 0.15) is 0 Å². The van der Waals surface area contributed by atoms with Crippen LogP contribution in [0.15, 0.2) is 12.2 Å². The van der Waals surface area contributed by atoms with Crippen LogP contribution in [0.5, 0.6) is 0 Å². The fourth-order valence-corrected chi connectivity index (χ4v) is 0.480. The predicted octanol–water partition coefficient (Wildman–Crippen LogP) is 1.56. The average Bonchev–Trinajstić information content (AvgIpc) is 1.81. The Morgan fingerprint density at radius 1 is 1.50 bits per heavy atom. The lowest BCUT2D eigenvalue weighted by molar-refractivity contribution is 0.729. The molecule has 0 unspecified atom stereocenters. The van der Waals surface area contributed by atoms with Crippen molar-refractivity contribution < 1.29 is 0 Å². The lowest BCUT2D eigenvalue weighted by Crippen LogP contribution is -2.13. The molecule has 0 aliphatic heterocycles. The van der Waals surface area contributed by atoms with Crippen molar-refractivity contribution in [3.63, 3.8) is 0 Å². The normalized spacial score (nSPS) is 10.8. The zero-order chi connectivity index (χ0) is 6.24. The molecule has 0 saturated heterocycles. The summed E-state index contributed by atoms with van der Waals surface area (Å²) in [7, 11) is 0. The van der Waals surface area contributed by atoms with E-state index >= 15 is 0 Å². The third-order valence-electron chi connectivity index (χ3n) is 0.925. The maximum absolute atomic E-state index is 3.25. The number of hydrogen-bond donors (Lipinski definition) is 1. The highest BCUT2D eigenvalue weighted by molar-refractivity contribution is 4.78. The average molecular weight is 113 g/mol. The molecule has 1 nitrogen and oxygen atoms in total. The molecule has 0 amide bonds. The second kappa shape index (κ2) is 6.70. The zero-order valence-corrected chi connectivity index (χ0v) is 5.78. The lowest BCUT2D eigenvalue weighted by atomic mass is 10.4. The molecule has 48 valence electrons. The highest BCUT2D eigenvalue weighted by atomic mass is 14.8. The summed E-state index contributed by atoms with van der Waals surface area (Å²) >= 11 is 0. The highest BCUT2D eigenvalue weighted by Gasteiger charge is 1.74. The Kier molecular flexibility index (Phi) is 6.45. The molecule has 1 heteroatoms. The van der Waals surface area contributed by atoms with Gasteiger partial charge in [-0.05, 0) is 19.9 Å². The molecule has 0 saturated carbocycles. The number of allylic oxidation sites excluding steroid dienone is 1. The topological polar surface area (TPSA) is 12.0 Å². The second-order valence-electron chi connectivity index (χ2n) is 1.77. The van der Waals surface area contributed by atoms with Crippen LogP contribution in [0.25, 0.3) is 0 Å². The molecular formula is C7H15N. The second-order valence-corrected chi connectivity index (χ2v) is 1.77. The zero-order valence-electron chi connectivity index (χ0n) is 5.78. The van der Waals surface area contributed by atoms with E-state index in [0.717, 1.165) is 13.1 Å². The molecule has 0 aliphatic carbocycles. The van der Waals surface area contributed by atoms with Crippen LogP contribution in [0.4, 0.5) is 0 Å². The van der Waals surface area contributed by atoms with Crippen LogP contribution in [0.3, 0.4) is 0 Å². The smallest absolute Gasteiger partial charge is 0.0134 e. The number of rotatable bonds is 4. The first-order chi connectivity index (χ1) is 3.91. The van der Waals surface area contributed by atoms with Gasteiger partial charge in [0.05, 0.1) is 0 Å². The fraction of sp³-hybridized carbons (Fsp3) is 0.714. The van der Waals surface area contributed by atoms with Crippen molar-refractivity contribution in [1.29, 1.82) is 0 Å². The predicted molar refractivity (Wildman–Crippen MR) is 38.0 cm³/mol. The Morgan fingerprint density at radius 2 is 2.25 bits per heavy atom. The first kappa shape index (κ1) is 7.70. The van der Waals surface area contributed by atoms with Gasteiger partial charge in [0.25, 0.3) is 0 Å². The quantitative estimate of drug-likeness (QED) is 0.431. The fourth-order valence-electron chi connectivity index (χ4n) is 0.480. The first-order valence-electron chi connectivity index (χ1n) is 3.23. The van der Waals surface area contributed by atoms with Gasteiger partial charge in [-0.15, -0.1) is 0 Å². The maximum atomic E-state index is 3.25. The van der Waals surface area contributed by atoms with Crippen LogP contribution in [0, 0.1) is 0 Å². The van der Waals surface area contributed by atoms with Crippen molar-refractivity contribution in [3.8, 4) is 0 Å². The van der Waals surface area contributed by atoms with Crippen molar-refractivity contribution >= 4 is 0 Å². The molecule has 0 aromatic rings. The van der Waals surface area contributed by atoms with Gasteiger partial charge in [-0.25, -0.2) is 0 Å². The molecule has 8 heavy (non-hydrogen) atoms. The van der Waals surface area contributed by atoms with E-state index in [1.807, 2.05) is 6.92 Å². The van der Waals surface area contributed by atoms with E-state index in [-0.39, 0.29) is 0 Å². The van der Waals surface area contributed by atoms with Gasteiger partial charge < -0.3 is 5.32 Å². The van der Waals surface area contributed by atoms with Crippen LogP contribution in [0.1, 0.15) is 20.3 Å². The number of hydrogen-bond acceptors (Lipinski definition) is 1. The van der Waals surface area contributed by atoms with Gasteiger partial charge in [0, 0.05) is 6.54 Å². The minimum Gasteiger partial charge on any atom is -0.313 e. The Labute approximate surface area is 51.8 Å². The van der Waals surface area contributed by atoms with E-state index in [4.69, 9.17) is 0 Å². The molecule has 0 aliphatic rings. The van der Waals surface area contributed by atoms with E-state index in [0.29, 0.717) is 0 Å². The maximum Gasteiger partial charge on any atom is 0.0134 e. The SMILES string of the molecule is CC=CCNCCC. The van der Waals surface area contributed by atoms with Gasteiger partial charge in [-0.3, -0.25) is 0 Å². The Balaban J connectivity index is 2.72. The molecule has 0 radical (unpaired) electrons. The lowest BCUT2D eigenvalue weighted by Gasteiger charge is -1.93. The van der Waals surface area contributed by atoms with Gasteiger partial charge in [-0.1, -0.05) is 19.1 Å². The standard InChI is InChI=1S/C7H15N/c1-3-5-7-8-6-4-2/h3,5,8H,4,6-7H2,1-2H3. The first-order valence-corrected chi connectivity index (χ1v) is 3.23. The van der Waals surface area contributed by atoms with E-state index in [2.05, 4.69) is 24.4 Å². The van der Waals surface area contributed by atoms with Gasteiger partial charge >= 0.3 is 0 Å². The largest absolute Gasteiger partial charge is 0.313 e. The van der Waals surface area contributed by atoms with Crippen molar-refractivity contribution in [2.45, 2.75) is 20.3 Å². The molecule has 0 atom stereocenters. The minimum absolute atomic E-state index is 1.02. The molecular weight excluding hydrogens is 98.1 g/mol. The third kappa shape index (κ3) is 5.70. The third-order valence-corrected chi connectivity index (χ3v) is 0.925. The van der Waals surface area contributed by atoms with Crippen molar-refractivity contribution in [2.75, 3.05) is 13.1 Å². The Hall–Kier alpha value is -0.300. The summed E-state index contributed by atoms with van der Waals surface area (Å²) in [6, 6.07) is 0. The minimum atomic E-state index is 1.02. The van der Waals surface area contributed by atoms with Gasteiger partial charge in [-0.2, -0.15) is 0 Å². The molecule has 0 aromatic heterocycles. The van der Waals surface area contributed by atoms with E-state index < -0.39 is 0 Å². The van der Waals surface area contributed by atoms with Crippen LogP contribution < -0.4 is 5.32 Å². The van der Waals surface area contributed by atoms with Gasteiger partial charge in [0.15, 0.2) is 0 Å². The van der Waals surface area contributed by atoms with Crippen LogP contribution >= 0.6 is 0 Å². The Morgan fingerprint density at radius 3 is 2.75 bits per heavy atom. The van der Waals surface area contributed by atoms with Gasteiger partial charge in [0.2, 0.25) is 0 Å². The Bertz CT molecular complexity index is 57.4. The van der Waals surface area contributed by atoms with Crippen LogP contribution in [-0.4, -0.2) is 13.1 Å². The monoisotopic (exact) mass is 113 g/mol. The summed E-state index contributed by atoms with van der Waals surface area (Å²) in [5.74, 6) is 0. The summed E-state index contributed by atoms with van der Waals surface area (Å²) in [5.41, 5.74) is 0. The number of nitrogens with one attached hydrogen (secondary N) is 1. The van der Waals surface area contributed by atoms with Crippen molar-refractivity contribution in [2.24, 2.45) is 0 Å². The summed E-state index contributed by atoms with van der Waals surface area (Å²) in [4.78, 5) is 0. The van der Waals surface area contributed by atoms with Crippen molar-refractivity contribution in [1.82, 2.24) is 5.32 Å². The molecule has 0 heterocycles. The van der Waals surface area contributed by atoms with Crippen LogP contribution in [-0.2, 0) is 0 Å². The van der Waals surface area contributed by atoms with Crippen LogP contribution in [0.2, 0.25) is 0 Å². The van der Waals surface area contributed by atoms with Crippen molar-refractivity contribution in [3.05, 3.63) is 12.2 Å².